The van der Waals surface area contributed by atoms with Gasteiger partial charge >= 0.3 is 0 Å². The zero-order valence-electron chi connectivity index (χ0n) is 6.42. The average Bonchev–Trinajstić information content (AvgIpc) is 2.32. The summed E-state index contributed by atoms with van der Waals surface area (Å²) in [5.74, 6) is 1.45. The molecule has 0 saturated carbocycles. The minimum Gasteiger partial charge on any atom is -0.433 e. The lowest BCUT2D eigenvalue weighted by molar-refractivity contribution is 0.441. The molecule has 0 bridgehead atoms. The standard InChI is InChI=1S/C7H8N2OS/c1-3-11-7-6(4-8)9-5(2)10-7/h3H2,1-2H3. The molecule has 0 aromatic carbocycles. The molecule has 0 atom stereocenters. The van der Waals surface area contributed by atoms with E-state index in [9.17, 15) is 0 Å². The average molecular weight is 168 g/mol. The second-order valence-electron chi connectivity index (χ2n) is 1.91. The van der Waals surface area contributed by atoms with Gasteiger partial charge < -0.3 is 4.42 Å². The third-order valence-electron chi connectivity index (χ3n) is 1.08. The molecule has 0 N–H and O–H groups in total. The molecule has 0 aliphatic rings. The van der Waals surface area contributed by atoms with Gasteiger partial charge in [0.1, 0.15) is 6.07 Å². The van der Waals surface area contributed by atoms with Crippen molar-refractivity contribution in [2.45, 2.75) is 18.9 Å². The van der Waals surface area contributed by atoms with Crippen LogP contribution in [0.15, 0.2) is 9.51 Å². The maximum atomic E-state index is 8.57. The summed E-state index contributed by atoms with van der Waals surface area (Å²) in [6.07, 6.45) is 0. The van der Waals surface area contributed by atoms with E-state index < -0.39 is 0 Å². The number of nitrogens with zero attached hydrogens (tertiary/aromatic N) is 2. The van der Waals surface area contributed by atoms with Crippen LogP contribution in [0.3, 0.4) is 0 Å². The third-order valence-corrected chi connectivity index (χ3v) is 1.91. The SMILES string of the molecule is CCSc1oc(C)nc1C#N. The maximum Gasteiger partial charge on any atom is 0.199 e. The highest BCUT2D eigenvalue weighted by Gasteiger charge is 2.08. The first kappa shape index (κ1) is 8.15. The van der Waals surface area contributed by atoms with Crippen LogP contribution in [0, 0.1) is 18.3 Å². The van der Waals surface area contributed by atoms with E-state index in [4.69, 9.17) is 9.68 Å². The molecule has 0 amide bonds. The van der Waals surface area contributed by atoms with Crippen LogP contribution in [0.5, 0.6) is 0 Å². The van der Waals surface area contributed by atoms with Gasteiger partial charge in [-0.15, -0.1) is 0 Å². The van der Waals surface area contributed by atoms with E-state index in [1.165, 1.54) is 11.8 Å². The van der Waals surface area contributed by atoms with Crippen LogP contribution in [-0.2, 0) is 0 Å². The van der Waals surface area contributed by atoms with Crippen LogP contribution in [0.1, 0.15) is 18.5 Å². The van der Waals surface area contributed by atoms with Crippen molar-refractivity contribution in [1.29, 1.82) is 5.26 Å². The summed E-state index contributed by atoms with van der Waals surface area (Å²) < 4.78 is 5.18. The molecule has 0 spiro atoms. The van der Waals surface area contributed by atoms with E-state index in [0.717, 1.165) is 5.75 Å². The predicted molar refractivity (Wildman–Crippen MR) is 42.4 cm³/mol. The van der Waals surface area contributed by atoms with Crippen molar-refractivity contribution in [3.63, 3.8) is 0 Å². The first-order valence-electron chi connectivity index (χ1n) is 3.28. The van der Waals surface area contributed by atoms with Crippen molar-refractivity contribution in [2.75, 3.05) is 5.75 Å². The van der Waals surface area contributed by atoms with Gasteiger partial charge in [-0.1, -0.05) is 18.7 Å². The van der Waals surface area contributed by atoms with Crippen molar-refractivity contribution >= 4 is 11.8 Å². The van der Waals surface area contributed by atoms with Gasteiger partial charge in [-0.3, -0.25) is 0 Å². The van der Waals surface area contributed by atoms with Crippen molar-refractivity contribution in [1.82, 2.24) is 4.98 Å². The fourth-order valence-corrected chi connectivity index (χ4v) is 1.38. The Balaban J connectivity index is 2.95. The predicted octanol–water partition coefficient (Wildman–Crippen LogP) is 1.97. The molecule has 1 aromatic rings. The molecule has 4 heteroatoms. The van der Waals surface area contributed by atoms with Crippen LogP contribution in [-0.4, -0.2) is 10.7 Å². The smallest absolute Gasteiger partial charge is 0.199 e. The monoisotopic (exact) mass is 168 g/mol. The largest absolute Gasteiger partial charge is 0.433 e. The van der Waals surface area contributed by atoms with Crippen LogP contribution in [0.4, 0.5) is 0 Å². The molecular formula is C7H8N2OS. The van der Waals surface area contributed by atoms with E-state index >= 15 is 0 Å². The van der Waals surface area contributed by atoms with E-state index in [1.807, 2.05) is 13.0 Å². The van der Waals surface area contributed by atoms with Gasteiger partial charge in [0.05, 0.1) is 0 Å². The number of thioether (sulfide) groups is 1. The molecule has 1 rings (SSSR count). The molecule has 3 nitrogen and oxygen atoms in total. The molecule has 0 saturated heterocycles. The fourth-order valence-electron chi connectivity index (χ4n) is 0.708. The Labute approximate surface area is 69.4 Å². The van der Waals surface area contributed by atoms with Gasteiger partial charge in [-0.25, -0.2) is 4.98 Å². The molecule has 1 aromatic heterocycles. The first-order valence-corrected chi connectivity index (χ1v) is 4.26. The zero-order chi connectivity index (χ0) is 8.27. The molecular weight excluding hydrogens is 160 g/mol. The Morgan fingerprint density at radius 2 is 2.45 bits per heavy atom. The minimum absolute atomic E-state index is 0.398. The van der Waals surface area contributed by atoms with Gasteiger partial charge in [0, 0.05) is 6.92 Å². The van der Waals surface area contributed by atoms with Gasteiger partial charge in [0.15, 0.2) is 16.7 Å². The van der Waals surface area contributed by atoms with Gasteiger partial charge in [0.25, 0.3) is 0 Å². The normalized spacial score (nSPS) is 9.55. The van der Waals surface area contributed by atoms with Crippen LogP contribution in [0.2, 0.25) is 0 Å². The lowest BCUT2D eigenvalue weighted by atomic mass is 10.5. The van der Waals surface area contributed by atoms with Crippen molar-refractivity contribution < 1.29 is 4.42 Å². The quantitative estimate of drug-likeness (QED) is 0.633. The van der Waals surface area contributed by atoms with E-state index in [-0.39, 0.29) is 0 Å². The Bertz CT molecular complexity index is 287. The summed E-state index contributed by atoms with van der Waals surface area (Å²) in [7, 11) is 0. The zero-order valence-corrected chi connectivity index (χ0v) is 7.23. The van der Waals surface area contributed by atoms with Crippen molar-refractivity contribution in [3.8, 4) is 6.07 Å². The number of aromatic nitrogens is 1. The number of oxazole rings is 1. The maximum absolute atomic E-state index is 8.57. The summed E-state index contributed by atoms with van der Waals surface area (Å²) in [6, 6.07) is 1.98. The summed E-state index contributed by atoms with van der Waals surface area (Å²) in [5.41, 5.74) is 0.398. The van der Waals surface area contributed by atoms with E-state index in [0.29, 0.717) is 16.7 Å². The Morgan fingerprint density at radius 3 is 3.00 bits per heavy atom. The first-order chi connectivity index (χ1) is 5.27. The summed E-state index contributed by atoms with van der Waals surface area (Å²) in [5, 5.41) is 9.20. The molecule has 1 heterocycles. The highest BCUT2D eigenvalue weighted by Crippen LogP contribution is 2.22. The van der Waals surface area contributed by atoms with E-state index in [2.05, 4.69) is 4.98 Å². The molecule has 0 fully saturated rings. The third kappa shape index (κ3) is 1.75. The number of hydrogen-bond acceptors (Lipinski definition) is 4. The highest BCUT2D eigenvalue weighted by atomic mass is 32.2. The van der Waals surface area contributed by atoms with Gasteiger partial charge in [-0.2, -0.15) is 5.26 Å². The Hall–Kier alpha value is -0.950. The molecule has 0 unspecified atom stereocenters. The summed E-state index contributed by atoms with van der Waals surface area (Å²) in [6.45, 7) is 3.74. The number of hydrogen-bond donors (Lipinski definition) is 0. The fraction of sp³-hybridized carbons (Fsp3) is 0.429. The lowest BCUT2D eigenvalue weighted by Gasteiger charge is -1.88. The Morgan fingerprint density at radius 1 is 1.73 bits per heavy atom. The second-order valence-corrected chi connectivity index (χ2v) is 3.15. The number of nitriles is 1. The highest BCUT2D eigenvalue weighted by molar-refractivity contribution is 7.99. The van der Waals surface area contributed by atoms with E-state index in [1.54, 1.807) is 6.92 Å². The van der Waals surface area contributed by atoms with Gasteiger partial charge in [0.2, 0.25) is 0 Å². The molecule has 58 valence electrons. The van der Waals surface area contributed by atoms with Gasteiger partial charge in [-0.05, 0) is 5.75 Å². The topological polar surface area (TPSA) is 49.8 Å². The van der Waals surface area contributed by atoms with Crippen LogP contribution in [0.25, 0.3) is 0 Å². The molecule has 0 radical (unpaired) electrons. The summed E-state index contributed by atoms with van der Waals surface area (Å²) >= 11 is 1.50. The van der Waals surface area contributed by atoms with Crippen molar-refractivity contribution in [3.05, 3.63) is 11.6 Å². The molecule has 0 aliphatic heterocycles. The number of rotatable bonds is 2. The van der Waals surface area contributed by atoms with Crippen LogP contribution >= 0.6 is 11.8 Å². The molecule has 0 aliphatic carbocycles. The van der Waals surface area contributed by atoms with Crippen molar-refractivity contribution in [2.24, 2.45) is 0 Å². The Kier molecular flexibility index (Phi) is 2.55. The van der Waals surface area contributed by atoms with Crippen LogP contribution < -0.4 is 0 Å². The number of aryl methyl sites for hydroxylation is 1. The second kappa shape index (κ2) is 3.44. The lowest BCUT2D eigenvalue weighted by Crippen LogP contribution is -1.76. The summed E-state index contributed by atoms with van der Waals surface area (Å²) in [4.78, 5) is 3.90. The minimum atomic E-state index is 0.398. The molecule has 11 heavy (non-hydrogen) atoms.